The lowest BCUT2D eigenvalue weighted by Crippen LogP contribution is -2.28. The highest BCUT2D eigenvalue weighted by atomic mass is 15.3. The maximum absolute atomic E-state index is 5.63. The zero-order valence-corrected chi connectivity index (χ0v) is 42.3. The van der Waals surface area contributed by atoms with Crippen LogP contribution in [-0.2, 0) is 10.8 Å². The minimum Gasteiger partial charge on any atom is -0.282 e. The van der Waals surface area contributed by atoms with E-state index < -0.39 is 10.8 Å². The Hall–Kier alpha value is -9.97. The first-order chi connectivity index (χ1) is 38.0. The lowest BCUT2D eigenvalue weighted by Gasteiger charge is -2.34. The van der Waals surface area contributed by atoms with Gasteiger partial charge in [0.1, 0.15) is 0 Å². The average molecular weight is 984 g/mol. The number of hydrogen-bond donors (Lipinski definition) is 0. The van der Waals surface area contributed by atoms with Crippen molar-refractivity contribution in [3.8, 4) is 34.4 Å². The molecule has 0 unspecified atom stereocenters. The molecule has 0 spiro atoms. The van der Waals surface area contributed by atoms with Crippen LogP contribution in [0.3, 0.4) is 0 Å². The zero-order valence-electron chi connectivity index (χ0n) is 42.3. The molecule has 0 bridgehead atoms. The highest BCUT2D eigenvalue weighted by Crippen LogP contribution is 2.59. The van der Waals surface area contributed by atoms with E-state index >= 15 is 0 Å². The van der Waals surface area contributed by atoms with Crippen molar-refractivity contribution in [3.05, 3.63) is 329 Å². The molecule has 13 aromatic rings. The van der Waals surface area contributed by atoms with Crippen molar-refractivity contribution in [2.45, 2.75) is 17.8 Å². The fourth-order valence-corrected chi connectivity index (χ4v) is 13.3. The number of para-hydroxylation sites is 2. The summed E-state index contributed by atoms with van der Waals surface area (Å²) >= 11 is 0. The van der Waals surface area contributed by atoms with Crippen molar-refractivity contribution in [1.82, 2.24) is 24.1 Å². The molecule has 15 rings (SSSR count). The Morgan fingerprint density at radius 2 is 0.831 bits per heavy atom. The number of aromatic nitrogens is 5. The fourth-order valence-electron chi connectivity index (χ4n) is 13.3. The van der Waals surface area contributed by atoms with Crippen molar-refractivity contribution < 1.29 is 0 Å². The minimum atomic E-state index is -0.633. The van der Waals surface area contributed by atoms with E-state index in [1.54, 1.807) is 0 Å². The summed E-state index contributed by atoms with van der Waals surface area (Å²) in [6.07, 6.45) is 2.40. The lowest BCUT2D eigenvalue weighted by atomic mass is 9.67. The molecule has 10 aromatic carbocycles. The second-order valence-corrected chi connectivity index (χ2v) is 20.3. The van der Waals surface area contributed by atoms with Crippen molar-refractivity contribution in [2.75, 3.05) is 0 Å². The molecule has 0 saturated carbocycles. The Morgan fingerprint density at radius 1 is 0.377 bits per heavy atom. The van der Waals surface area contributed by atoms with Crippen LogP contribution in [0.15, 0.2) is 273 Å². The van der Waals surface area contributed by atoms with Gasteiger partial charge in [0.15, 0.2) is 5.82 Å². The monoisotopic (exact) mass is 983 g/mol. The molecular weight excluding hydrogens is 935 g/mol. The molecule has 0 fully saturated rings. The quantitative estimate of drug-likeness (QED) is 0.152. The van der Waals surface area contributed by atoms with Crippen molar-refractivity contribution in [1.29, 1.82) is 0 Å². The maximum Gasteiger partial charge on any atom is 0.240 e. The predicted molar refractivity (Wildman–Crippen MR) is 315 cm³/mol. The summed E-state index contributed by atoms with van der Waals surface area (Å²) < 4.78 is 4.49. The number of allylic oxidation sites excluding steroid dienone is 2. The Bertz CT molecular complexity index is 4430. The SMILES string of the molecule is C=C1/C(=C\c2c(C)n(-c3nc(-c4ccccc4)nc(-n4c5ccccc5c5cc6c(cc54)-c4ccccc4C6(c4ccccc4)c4ccccc4)n3)c3ccccc23)C(c2ccccc2)(c2ccccc2)c2ccccc21. The van der Waals surface area contributed by atoms with Gasteiger partial charge in [-0.15, -0.1) is 0 Å². The van der Waals surface area contributed by atoms with Gasteiger partial charge in [0.25, 0.3) is 0 Å². The second-order valence-electron chi connectivity index (χ2n) is 20.3. The molecule has 5 nitrogen and oxygen atoms in total. The molecule has 0 aliphatic heterocycles. The first-order valence-electron chi connectivity index (χ1n) is 26.4. The van der Waals surface area contributed by atoms with E-state index in [2.05, 4.69) is 265 Å². The van der Waals surface area contributed by atoms with E-state index in [9.17, 15) is 0 Å². The van der Waals surface area contributed by atoms with Crippen LogP contribution in [0.2, 0.25) is 0 Å². The third-order valence-electron chi connectivity index (χ3n) is 16.5. The van der Waals surface area contributed by atoms with E-state index in [1.807, 2.05) is 18.2 Å². The van der Waals surface area contributed by atoms with Gasteiger partial charge in [-0.25, -0.2) is 0 Å². The number of fused-ring (bicyclic) bond motifs is 8. The lowest BCUT2D eigenvalue weighted by molar-refractivity contribution is 0.769. The molecule has 5 heteroatoms. The molecule has 3 heterocycles. The number of nitrogens with zero attached hydrogens (tertiary/aromatic N) is 5. The summed E-state index contributed by atoms with van der Waals surface area (Å²) in [5, 5.41) is 3.33. The zero-order chi connectivity index (χ0) is 51.2. The Labute approximate surface area is 447 Å². The first-order valence-corrected chi connectivity index (χ1v) is 26.4. The van der Waals surface area contributed by atoms with Gasteiger partial charge in [-0.05, 0) is 104 Å². The molecule has 0 saturated heterocycles. The van der Waals surface area contributed by atoms with Gasteiger partial charge in [0.05, 0.1) is 27.4 Å². The van der Waals surface area contributed by atoms with Gasteiger partial charge in [-0.1, -0.05) is 243 Å². The third-order valence-corrected chi connectivity index (χ3v) is 16.5. The van der Waals surface area contributed by atoms with E-state index in [0.29, 0.717) is 17.7 Å². The Balaban J connectivity index is 0.996. The van der Waals surface area contributed by atoms with Crippen molar-refractivity contribution in [3.63, 3.8) is 0 Å². The van der Waals surface area contributed by atoms with Gasteiger partial charge in [-0.2, -0.15) is 15.0 Å². The smallest absolute Gasteiger partial charge is 0.240 e. The van der Waals surface area contributed by atoms with Gasteiger partial charge < -0.3 is 0 Å². The van der Waals surface area contributed by atoms with E-state index in [-0.39, 0.29) is 0 Å². The highest BCUT2D eigenvalue weighted by molar-refractivity contribution is 6.12. The van der Waals surface area contributed by atoms with Gasteiger partial charge in [0, 0.05) is 33.0 Å². The summed E-state index contributed by atoms with van der Waals surface area (Å²) in [4.78, 5) is 16.5. The van der Waals surface area contributed by atoms with E-state index in [4.69, 9.17) is 21.5 Å². The van der Waals surface area contributed by atoms with E-state index in [1.165, 1.54) is 50.1 Å². The van der Waals surface area contributed by atoms with Crippen molar-refractivity contribution in [2.24, 2.45) is 0 Å². The molecule has 0 atom stereocenters. The van der Waals surface area contributed by atoms with Crippen LogP contribution in [-0.4, -0.2) is 24.1 Å². The number of benzene rings is 10. The predicted octanol–water partition coefficient (Wildman–Crippen LogP) is 16.7. The van der Waals surface area contributed by atoms with E-state index in [0.717, 1.165) is 66.2 Å². The maximum atomic E-state index is 5.63. The largest absolute Gasteiger partial charge is 0.282 e. The normalized spacial score (nSPS) is 14.6. The third kappa shape index (κ3) is 6.38. The van der Waals surface area contributed by atoms with Crippen LogP contribution in [0, 0.1) is 6.92 Å². The van der Waals surface area contributed by atoms with Crippen LogP contribution in [0.4, 0.5) is 0 Å². The molecule has 2 aliphatic rings. The molecular formula is C72H49N5. The summed E-state index contributed by atoms with van der Waals surface area (Å²) in [6, 6.07) is 94.0. The first kappa shape index (κ1) is 44.5. The summed E-state index contributed by atoms with van der Waals surface area (Å²) in [7, 11) is 0. The van der Waals surface area contributed by atoms with Crippen LogP contribution in [0.1, 0.15) is 55.8 Å². The molecule has 77 heavy (non-hydrogen) atoms. The van der Waals surface area contributed by atoms with Crippen LogP contribution in [0.5, 0.6) is 0 Å². The number of rotatable bonds is 8. The summed E-state index contributed by atoms with van der Waals surface area (Å²) in [5.41, 5.74) is 19.1. The molecule has 0 amide bonds. The standard InChI is InChI=1S/C72H49N5/c1-47-54-36-18-22-40-61(54)71(50-28-10-4-11-29-50,51-30-12-5-13-31-51)63(47)44-58-48(2)76(65-42-24-20-38-56(58)65)69-73-68(49-26-8-3-9-27-49)74-70(75-69)77-66-43-25-21-39-57(66)60-45-64-59(46-67(60)77)55-37-19-23-41-62(55)72(64,52-32-14-6-15-33-52)53-34-16-7-17-35-53/h3-46H,1H2,2H3/b63-44+. The van der Waals surface area contributed by atoms with Crippen LogP contribution < -0.4 is 0 Å². The van der Waals surface area contributed by atoms with Gasteiger partial charge >= 0.3 is 0 Å². The molecule has 0 N–H and O–H groups in total. The molecule has 0 radical (unpaired) electrons. The summed E-state index contributed by atoms with van der Waals surface area (Å²) in [6.45, 7) is 7.09. The fraction of sp³-hybridized carbons (Fsp3) is 0.0417. The highest BCUT2D eigenvalue weighted by Gasteiger charge is 2.49. The second kappa shape index (κ2) is 17.3. The van der Waals surface area contributed by atoms with Gasteiger partial charge in [-0.3, -0.25) is 9.13 Å². The summed E-state index contributed by atoms with van der Waals surface area (Å²) in [5.74, 6) is 1.65. The van der Waals surface area contributed by atoms with Crippen LogP contribution in [0.25, 0.3) is 78.8 Å². The van der Waals surface area contributed by atoms with Crippen LogP contribution >= 0.6 is 0 Å². The molecule has 3 aromatic heterocycles. The Kier molecular flexibility index (Phi) is 10.0. The van der Waals surface area contributed by atoms with Crippen molar-refractivity contribution >= 4 is 44.4 Å². The Morgan fingerprint density at radius 3 is 1.43 bits per heavy atom. The van der Waals surface area contributed by atoms with Gasteiger partial charge in [0.2, 0.25) is 11.9 Å². The topological polar surface area (TPSA) is 48.5 Å². The number of hydrogen-bond acceptors (Lipinski definition) is 3. The average Bonchev–Trinajstić information content (AvgIpc) is 4.38. The molecule has 2 aliphatic carbocycles. The minimum absolute atomic E-state index is 0.530. The molecule has 362 valence electrons.